The van der Waals surface area contributed by atoms with Crippen LogP contribution in [0.4, 0.5) is 15.3 Å². The minimum atomic E-state index is -0.936. The molecule has 1 atom stereocenters. The van der Waals surface area contributed by atoms with E-state index in [0.29, 0.717) is 25.8 Å². The van der Waals surface area contributed by atoms with Crippen LogP contribution in [0.2, 0.25) is 0 Å². The van der Waals surface area contributed by atoms with Crippen molar-refractivity contribution in [2.45, 2.75) is 71.4 Å². The number of unbranched alkanes of at least 4 members (excludes halogenated alkanes) is 2. The quantitative estimate of drug-likeness (QED) is 0.202. The van der Waals surface area contributed by atoms with E-state index in [1.54, 1.807) is 20.8 Å². The second kappa shape index (κ2) is 13.9. The molecule has 0 aliphatic rings. The molecule has 0 saturated heterocycles. The third-order valence-corrected chi connectivity index (χ3v) is 4.16. The summed E-state index contributed by atoms with van der Waals surface area (Å²) in [6.45, 7) is 7.85. The lowest BCUT2D eigenvalue weighted by Gasteiger charge is -2.20. The van der Waals surface area contributed by atoms with E-state index >= 15 is 0 Å². The molecule has 1 rings (SSSR count). The van der Waals surface area contributed by atoms with Crippen molar-refractivity contribution in [2.24, 2.45) is 0 Å². The Morgan fingerprint density at radius 2 is 1.73 bits per heavy atom. The molecule has 0 heterocycles. The zero-order valence-electron chi connectivity index (χ0n) is 19.5. The zero-order valence-corrected chi connectivity index (χ0v) is 19.5. The van der Waals surface area contributed by atoms with Crippen LogP contribution in [0, 0.1) is 10.1 Å². The maximum atomic E-state index is 12.4. The number of nitro benzene ring substituents is 1. The number of nitrogens with zero attached hydrogens (tertiary/aromatic N) is 1. The van der Waals surface area contributed by atoms with Gasteiger partial charge in [-0.2, -0.15) is 0 Å². The lowest BCUT2D eigenvalue weighted by molar-refractivity contribution is -0.384. The van der Waals surface area contributed by atoms with Gasteiger partial charge in [0.25, 0.3) is 5.69 Å². The van der Waals surface area contributed by atoms with Gasteiger partial charge < -0.3 is 24.8 Å². The highest BCUT2D eigenvalue weighted by molar-refractivity contribution is 5.82. The summed E-state index contributed by atoms with van der Waals surface area (Å²) in [4.78, 5) is 46.5. The van der Waals surface area contributed by atoms with Crippen LogP contribution in [-0.4, -0.2) is 47.9 Å². The molecule has 184 valence electrons. The maximum Gasteiger partial charge on any atom is 0.413 e. The van der Waals surface area contributed by atoms with Crippen LogP contribution < -0.4 is 15.4 Å². The summed E-state index contributed by atoms with van der Waals surface area (Å²) in [5.74, 6) is -0.484. The minimum absolute atomic E-state index is 0.0951. The van der Waals surface area contributed by atoms with Crippen molar-refractivity contribution in [2.75, 3.05) is 13.2 Å². The number of ether oxygens (including phenoxy) is 3. The van der Waals surface area contributed by atoms with Crippen molar-refractivity contribution in [3.63, 3.8) is 0 Å². The summed E-state index contributed by atoms with van der Waals surface area (Å²) >= 11 is 0. The van der Waals surface area contributed by atoms with E-state index in [4.69, 9.17) is 14.2 Å². The summed E-state index contributed by atoms with van der Waals surface area (Å²) < 4.78 is 15.5. The molecule has 0 saturated carbocycles. The molecule has 1 unspecified atom stereocenters. The van der Waals surface area contributed by atoms with Crippen LogP contribution in [-0.2, 0) is 14.3 Å². The molecule has 0 aromatic heterocycles. The molecule has 0 aliphatic heterocycles. The third-order valence-electron chi connectivity index (χ3n) is 4.16. The van der Waals surface area contributed by atoms with E-state index in [0.717, 1.165) is 6.42 Å². The van der Waals surface area contributed by atoms with Gasteiger partial charge in [0.1, 0.15) is 17.4 Å². The molecule has 11 heteroatoms. The smallest absolute Gasteiger partial charge is 0.413 e. The average Bonchev–Trinajstić information content (AvgIpc) is 2.71. The molecular weight excluding hydrogens is 434 g/mol. The van der Waals surface area contributed by atoms with Crippen LogP contribution in [0.3, 0.4) is 0 Å². The van der Waals surface area contributed by atoms with Gasteiger partial charge in [-0.05, 0) is 58.6 Å². The number of alkyl carbamates (subject to hydrolysis) is 1. The Balaban J connectivity index is 2.57. The van der Waals surface area contributed by atoms with Crippen LogP contribution >= 0.6 is 0 Å². The van der Waals surface area contributed by atoms with Crippen LogP contribution in [0.25, 0.3) is 0 Å². The SMILES string of the molecule is CCCCOC(=O)C(CCCCNC(=O)OC(C)(C)C)NC(=O)Oc1ccc([N+](=O)[O-])cc1. The number of nitrogens with one attached hydrogen (secondary N) is 2. The molecule has 1 aromatic rings. The number of hydrogen-bond acceptors (Lipinski definition) is 8. The van der Waals surface area contributed by atoms with Gasteiger partial charge in [-0.1, -0.05) is 13.3 Å². The Hall–Kier alpha value is -3.37. The highest BCUT2D eigenvalue weighted by Crippen LogP contribution is 2.17. The lowest BCUT2D eigenvalue weighted by Crippen LogP contribution is -2.43. The van der Waals surface area contributed by atoms with E-state index in [1.165, 1.54) is 24.3 Å². The van der Waals surface area contributed by atoms with Crippen molar-refractivity contribution >= 4 is 23.8 Å². The molecule has 1 aromatic carbocycles. The van der Waals surface area contributed by atoms with Crippen molar-refractivity contribution in [1.82, 2.24) is 10.6 Å². The fourth-order valence-electron chi connectivity index (χ4n) is 2.56. The van der Waals surface area contributed by atoms with Crippen LogP contribution in [0.1, 0.15) is 59.8 Å². The number of nitro groups is 1. The Kier molecular flexibility index (Phi) is 11.7. The predicted molar refractivity (Wildman–Crippen MR) is 120 cm³/mol. The highest BCUT2D eigenvalue weighted by Gasteiger charge is 2.23. The number of carbonyl (C=O) groups excluding carboxylic acids is 3. The zero-order chi connectivity index (χ0) is 24.9. The van der Waals surface area contributed by atoms with Gasteiger partial charge in [0.2, 0.25) is 0 Å². The Morgan fingerprint density at radius 1 is 1.06 bits per heavy atom. The summed E-state index contributed by atoms with van der Waals surface area (Å²) in [6.07, 6.45) is 1.49. The van der Waals surface area contributed by atoms with Gasteiger partial charge in [0.05, 0.1) is 11.5 Å². The number of rotatable bonds is 12. The number of carbonyl (C=O) groups is 3. The van der Waals surface area contributed by atoms with E-state index in [1.807, 2.05) is 6.92 Å². The molecule has 0 spiro atoms. The molecule has 2 N–H and O–H groups in total. The second-order valence-electron chi connectivity index (χ2n) is 8.28. The van der Waals surface area contributed by atoms with Crippen molar-refractivity contribution < 1.29 is 33.5 Å². The van der Waals surface area contributed by atoms with E-state index < -0.39 is 34.7 Å². The van der Waals surface area contributed by atoms with Crippen molar-refractivity contribution in [3.05, 3.63) is 34.4 Å². The first-order chi connectivity index (χ1) is 15.5. The number of amides is 2. The van der Waals surface area contributed by atoms with Crippen LogP contribution in [0.5, 0.6) is 5.75 Å². The van der Waals surface area contributed by atoms with Gasteiger partial charge >= 0.3 is 18.2 Å². The number of benzene rings is 1. The molecule has 0 bridgehead atoms. The second-order valence-corrected chi connectivity index (χ2v) is 8.28. The van der Waals surface area contributed by atoms with E-state index in [2.05, 4.69) is 10.6 Å². The van der Waals surface area contributed by atoms with E-state index in [-0.39, 0.29) is 24.5 Å². The van der Waals surface area contributed by atoms with Gasteiger partial charge in [-0.3, -0.25) is 10.1 Å². The predicted octanol–water partition coefficient (Wildman–Crippen LogP) is 4.09. The number of hydrogen-bond donors (Lipinski definition) is 2. The molecule has 2 amide bonds. The monoisotopic (exact) mass is 467 g/mol. The molecule has 0 fully saturated rings. The summed E-state index contributed by atoms with van der Waals surface area (Å²) in [6, 6.07) is 4.05. The Labute approximate surface area is 193 Å². The van der Waals surface area contributed by atoms with Gasteiger partial charge in [0, 0.05) is 18.7 Å². The largest absolute Gasteiger partial charge is 0.464 e. The first-order valence-electron chi connectivity index (χ1n) is 10.9. The molecule has 0 radical (unpaired) electrons. The molecule has 0 aliphatic carbocycles. The summed E-state index contributed by atoms with van der Waals surface area (Å²) in [5, 5.41) is 15.8. The Morgan fingerprint density at radius 3 is 2.30 bits per heavy atom. The molecule has 33 heavy (non-hydrogen) atoms. The Bertz CT molecular complexity index is 790. The first-order valence-corrected chi connectivity index (χ1v) is 10.9. The third kappa shape index (κ3) is 12.3. The fourth-order valence-corrected chi connectivity index (χ4v) is 2.56. The number of non-ortho nitro benzene ring substituents is 1. The standard InChI is InChI=1S/C22H33N3O8/c1-5-6-15-31-19(26)18(9-7-8-14-23-20(27)33-22(2,3)4)24-21(28)32-17-12-10-16(11-13-17)25(29)30/h10-13,18H,5-9,14-15H2,1-4H3,(H,23,27)(H,24,28). The first kappa shape index (κ1) is 27.7. The van der Waals surface area contributed by atoms with Crippen molar-refractivity contribution in [1.29, 1.82) is 0 Å². The average molecular weight is 468 g/mol. The normalized spacial score (nSPS) is 11.8. The fraction of sp³-hybridized carbons (Fsp3) is 0.591. The topological polar surface area (TPSA) is 146 Å². The molecular formula is C22H33N3O8. The highest BCUT2D eigenvalue weighted by atomic mass is 16.6. The van der Waals surface area contributed by atoms with Gasteiger partial charge in [-0.25, -0.2) is 14.4 Å². The van der Waals surface area contributed by atoms with Crippen molar-refractivity contribution in [3.8, 4) is 5.75 Å². The van der Waals surface area contributed by atoms with Crippen LogP contribution in [0.15, 0.2) is 24.3 Å². The molecule has 11 nitrogen and oxygen atoms in total. The summed E-state index contributed by atoms with van der Waals surface area (Å²) in [5.41, 5.74) is -0.731. The van der Waals surface area contributed by atoms with Gasteiger partial charge in [-0.15, -0.1) is 0 Å². The lowest BCUT2D eigenvalue weighted by atomic mass is 10.1. The minimum Gasteiger partial charge on any atom is -0.464 e. The van der Waals surface area contributed by atoms with Gasteiger partial charge in [0.15, 0.2) is 0 Å². The number of esters is 1. The summed E-state index contributed by atoms with van der Waals surface area (Å²) in [7, 11) is 0. The maximum absolute atomic E-state index is 12.4. The van der Waals surface area contributed by atoms with E-state index in [9.17, 15) is 24.5 Å².